The Balaban J connectivity index is 1.75. The monoisotopic (exact) mass is 196 g/mol. The number of hydrogen-bond acceptors (Lipinski definition) is 3. The molecule has 4 unspecified atom stereocenters. The van der Waals surface area contributed by atoms with Crippen LogP contribution in [0.2, 0.25) is 0 Å². The van der Waals surface area contributed by atoms with Gasteiger partial charge in [0.25, 0.3) is 0 Å². The van der Waals surface area contributed by atoms with Crippen molar-refractivity contribution in [1.82, 2.24) is 9.80 Å². The van der Waals surface area contributed by atoms with E-state index in [9.17, 15) is 0 Å². The average molecular weight is 196 g/mol. The zero-order valence-electron chi connectivity index (χ0n) is 8.02. The molecule has 2 bridgehead atoms. The molecule has 0 saturated carbocycles. The predicted molar refractivity (Wildman–Crippen MR) is 56.1 cm³/mol. The summed E-state index contributed by atoms with van der Waals surface area (Å²) in [5.41, 5.74) is 0. The quantitative estimate of drug-likeness (QED) is 0.632. The first-order chi connectivity index (χ1) is 6.34. The molecule has 72 valence electrons. The molecule has 3 heteroatoms. The maximum Gasteiger partial charge on any atom is 0.0829 e. The lowest BCUT2D eigenvalue weighted by Crippen LogP contribution is -2.44. The molecule has 0 amide bonds. The third-order valence-corrected chi connectivity index (χ3v) is 4.47. The SMILES string of the molecule is CC1SC=CN1C1CC2CCN1C2. The van der Waals surface area contributed by atoms with Crippen molar-refractivity contribution in [3.05, 3.63) is 11.6 Å². The van der Waals surface area contributed by atoms with Gasteiger partial charge in [-0.2, -0.15) is 0 Å². The molecule has 3 heterocycles. The van der Waals surface area contributed by atoms with Gasteiger partial charge in [0.1, 0.15) is 0 Å². The number of fused-ring (bicyclic) bond motifs is 2. The van der Waals surface area contributed by atoms with Gasteiger partial charge in [-0.25, -0.2) is 0 Å². The van der Waals surface area contributed by atoms with Crippen LogP contribution in [0, 0.1) is 5.92 Å². The second-order valence-electron chi connectivity index (χ2n) is 4.33. The number of piperidine rings is 1. The van der Waals surface area contributed by atoms with Gasteiger partial charge in [-0.3, -0.25) is 4.90 Å². The molecule has 0 aromatic carbocycles. The van der Waals surface area contributed by atoms with Crippen molar-refractivity contribution >= 4 is 11.8 Å². The van der Waals surface area contributed by atoms with Gasteiger partial charge in [0.15, 0.2) is 0 Å². The summed E-state index contributed by atoms with van der Waals surface area (Å²) in [5.74, 6) is 0.996. The van der Waals surface area contributed by atoms with Crippen molar-refractivity contribution in [1.29, 1.82) is 0 Å². The Morgan fingerprint density at radius 3 is 2.92 bits per heavy atom. The first-order valence-electron chi connectivity index (χ1n) is 5.18. The lowest BCUT2D eigenvalue weighted by molar-refractivity contribution is 0.110. The molecule has 0 spiro atoms. The van der Waals surface area contributed by atoms with Gasteiger partial charge in [0.2, 0.25) is 0 Å². The molecular formula is C10H16N2S. The fourth-order valence-electron chi connectivity index (χ4n) is 2.84. The van der Waals surface area contributed by atoms with Crippen LogP contribution in [-0.2, 0) is 0 Å². The van der Waals surface area contributed by atoms with Crippen LogP contribution in [0.15, 0.2) is 11.6 Å². The summed E-state index contributed by atoms with van der Waals surface area (Å²) in [4.78, 5) is 5.18. The highest BCUT2D eigenvalue weighted by Crippen LogP contribution is 2.38. The standard InChI is InChI=1S/C10H16N2S/c1-8-12(4-5-13-8)10-6-9-2-3-11(10)7-9/h4-5,8-10H,2-3,6-7H2,1H3. The van der Waals surface area contributed by atoms with Gasteiger partial charge in [0.05, 0.1) is 11.5 Å². The van der Waals surface area contributed by atoms with Crippen LogP contribution in [0.1, 0.15) is 19.8 Å². The first-order valence-corrected chi connectivity index (χ1v) is 6.12. The highest BCUT2D eigenvalue weighted by atomic mass is 32.2. The molecule has 2 fully saturated rings. The topological polar surface area (TPSA) is 6.48 Å². The second-order valence-corrected chi connectivity index (χ2v) is 5.56. The van der Waals surface area contributed by atoms with Crippen LogP contribution in [0.4, 0.5) is 0 Å². The number of rotatable bonds is 1. The van der Waals surface area contributed by atoms with E-state index in [0.29, 0.717) is 5.37 Å². The normalized spacial score (nSPS) is 47.9. The van der Waals surface area contributed by atoms with E-state index in [1.54, 1.807) is 0 Å². The fourth-order valence-corrected chi connectivity index (χ4v) is 3.62. The Morgan fingerprint density at radius 1 is 1.46 bits per heavy atom. The summed E-state index contributed by atoms with van der Waals surface area (Å²) in [7, 11) is 0. The third kappa shape index (κ3) is 1.21. The van der Waals surface area contributed by atoms with E-state index in [-0.39, 0.29) is 0 Å². The van der Waals surface area contributed by atoms with Gasteiger partial charge in [-0.15, -0.1) is 11.8 Å². The maximum atomic E-state index is 2.65. The summed E-state index contributed by atoms with van der Waals surface area (Å²) in [6.45, 7) is 4.99. The molecule has 3 rings (SSSR count). The summed E-state index contributed by atoms with van der Waals surface area (Å²) < 4.78 is 0. The molecule has 4 atom stereocenters. The number of nitrogens with zero attached hydrogens (tertiary/aromatic N) is 2. The van der Waals surface area contributed by atoms with Crippen molar-refractivity contribution in [2.24, 2.45) is 5.92 Å². The number of hydrogen-bond donors (Lipinski definition) is 0. The molecule has 0 aromatic rings. The summed E-state index contributed by atoms with van der Waals surface area (Å²) in [6.07, 6.45) is 5.84. The average Bonchev–Trinajstić information content (AvgIpc) is 2.77. The summed E-state index contributed by atoms with van der Waals surface area (Å²) in [5, 5.41) is 2.89. The van der Waals surface area contributed by atoms with E-state index < -0.39 is 0 Å². The van der Waals surface area contributed by atoms with E-state index in [0.717, 1.165) is 12.1 Å². The zero-order chi connectivity index (χ0) is 8.84. The van der Waals surface area contributed by atoms with Crippen LogP contribution < -0.4 is 0 Å². The van der Waals surface area contributed by atoms with Gasteiger partial charge < -0.3 is 4.90 Å². The Labute approximate surface area is 84.0 Å². The highest BCUT2D eigenvalue weighted by Gasteiger charge is 2.41. The minimum absolute atomic E-state index is 0.657. The largest absolute Gasteiger partial charge is 0.350 e. The van der Waals surface area contributed by atoms with Gasteiger partial charge >= 0.3 is 0 Å². The lowest BCUT2D eigenvalue weighted by atomic mass is 10.0. The smallest absolute Gasteiger partial charge is 0.0829 e. The van der Waals surface area contributed by atoms with Crippen LogP contribution in [0.3, 0.4) is 0 Å². The van der Waals surface area contributed by atoms with Gasteiger partial charge in [-0.05, 0) is 31.1 Å². The Bertz CT molecular complexity index is 241. The van der Waals surface area contributed by atoms with Gasteiger partial charge in [0, 0.05) is 19.3 Å². The Hall–Kier alpha value is -0.150. The summed E-state index contributed by atoms with van der Waals surface area (Å²) in [6, 6.07) is 0. The van der Waals surface area contributed by atoms with E-state index in [1.165, 1.54) is 25.9 Å². The minimum atomic E-state index is 0.657. The summed E-state index contributed by atoms with van der Waals surface area (Å²) >= 11 is 1.94. The molecule has 0 N–H and O–H groups in total. The van der Waals surface area contributed by atoms with E-state index in [1.807, 2.05) is 11.8 Å². The van der Waals surface area contributed by atoms with Crippen molar-refractivity contribution in [3.8, 4) is 0 Å². The molecule has 0 radical (unpaired) electrons. The van der Waals surface area contributed by atoms with Gasteiger partial charge in [-0.1, -0.05) is 0 Å². The second kappa shape index (κ2) is 2.92. The first kappa shape index (κ1) is 8.18. The van der Waals surface area contributed by atoms with Crippen molar-refractivity contribution in [2.75, 3.05) is 13.1 Å². The molecule has 3 aliphatic heterocycles. The molecule has 0 aliphatic carbocycles. The minimum Gasteiger partial charge on any atom is -0.350 e. The molecule has 2 saturated heterocycles. The van der Waals surface area contributed by atoms with Crippen LogP contribution in [-0.4, -0.2) is 34.4 Å². The van der Waals surface area contributed by atoms with Crippen molar-refractivity contribution < 1.29 is 0 Å². The third-order valence-electron chi connectivity index (χ3n) is 3.56. The van der Waals surface area contributed by atoms with E-state index >= 15 is 0 Å². The van der Waals surface area contributed by atoms with E-state index in [2.05, 4.69) is 28.3 Å². The zero-order valence-corrected chi connectivity index (χ0v) is 8.83. The lowest BCUT2D eigenvalue weighted by Gasteiger charge is -2.36. The molecule has 13 heavy (non-hydrogen) atoms. The predicted octanol–water partition coefficient (Wildman–Crippen LogP) is 1.90. The molecule has 2 nitrogen and oxygen atoms in total. The molecular weight excluding hydrogens is 180 g/mol. The number of thioether (sulfide) groups is 1. The molecule has 3 aliphatic rings. The molecule has 0 aromatic heterocycles. The van der Waals surface area contributed by atoms with Crippen molar-refractivity contribution in [3.63, 3.8) is 0 Å². The fraction of sp³-hybridized carbons (Fsp3) is 0.800. The van der Waals surface area contributed by atoms with Crippen LogP contribution in [0.5, 0.6) is 0 Å². The van der Waals surface area contributed by atoms with Crippen LogP contribution >= 0.6 is 11.8 Å². The highest BCUT2D eigenvalue weighted by molar-refractivity contribution is 8.02. The van der Waals surface area contributed by atoms with Crippen molar-refractivity contribution in [2.45, 2.75) is 31.3 Å². The maximum absolute atomic E-state index is 2.65. The van der Waals surface area contributed by atoms with Crippen LogP contribution in [0.25, 0.3) is 0 Å². The Kier molecular flexibility index (Phi) is 1.84. The Morgan fingerprint density at radius 2 is 2.38 bits per heavy atom. The van der Waals surface area contributed by atoms with E-state index in [4.69, 9.17) is 0 Å².